The number of aromatic nitrogens is 2. The third kappa shape index (κ3) is 2.33. The van der Waals surface area contributed by atoms with Gasteiger partial charge in [-0.15, -0.1) is 11.3 Å². The number of benzene rings is 1. The van der Waals surface area contributed by atoms with Gasteiger partial charge in [-0.2, -0.15) is 5.10 Å². The third-order valence-corrected chi connectivity index (χ3v) is 3.91. The van der Waals surface area contributed by atoms with Gasteiger partial charge in [-0.3, -0.25) is 0 Å². The molecule has 3 rings (SSSR count). The van der Waals surface area contributed by atoms with E-state index in [1.165, 1.54) is 22.1 Å². The molecule has 0 saturated heterocycles. The van der Waals surface area contributed by atoms with Crippen molar-refractivity contribution in [3.8, 4) is 16.3 Å². The lowest BCUT2D eigenvalue weighted by Gasteiger charge is -2.07. The van der Waals surface area contributed by atoms with Crippen LogP contribution in [0.25, 0.3) is 16.3 Å². The molecular formula is C14H8ClN2O2S-. The van der Waals surface area contributed by atoms with Crippen molar-refractivity contribution in [3.05, 3.63) is 58.6 Å². The molecule has 0 spiro atoms. The lowest BCUT2D eigenvalue weighted by Crippen LogP contribution is -2.25. The topological polar surface area (TPSA) is 57.9 Å². The van der Waals surface area contributed by atoms with Crippen LogP contribution in [0.5, 0.6) is 0 Å². The van der Waals surface area contributed by atoms with E-state index in [9.17, 15) is 9.90 Å². The summed E-state index contributed by atoms with van der Waals surface area (Å²) in [5, 5.41) is 18.1. The van der Waals surface area contributed by atoms with Gasteiger partial charge in [0.15, 0.2) is 0 Å². The van der Waals surface area contributed by atoms with Crippen LogP contribution in [0, 0.1) is 0 Å². The molecule has 0 aliphatic carbocycles. The maximum Gasteiger partial charge on any atom is 0.103 e. The second kappa shape index (κ2) is 5.11. The van der Waals surface area contributed by atoms with Crippen molar-refractivity contribution in [2.45, 2.75) is 0 Å². The van der Waals surface area contributed by atoms with E-state index in [-0.39, 0.29) is 5.69 Å². The van der Waals surface area contributed by atoms with Gasteiger partial charge in [0.25, 0.3) is 0 Å². The fourth-order valence-corrected chi connectivity index (χ4v) is 2.66. The van der Waals surface area contributed by atoms with Crippen molar-refractivity contribution in [2.24, 2.45) is 0 Å². The Morgan fingerprint density at radius 3 is 2.60 bits per heavy atom. The Balaban J connectivity index is 2.14. The number of carboxylic acid groups (broad SMARTS) is 1. The fraction of sp³-hybridized carbons (Fsp3) is 0. The minimum Gasteiger partial charge on any atom is -0.543 e. The number of carboxylic acids is 1. The van der Waals surface area contributed by atoms with E-state index < -0.39 is 5.97 Å². The molecule has 1 aromatic carbocycles. The lowest BCUT2D eigenvalue weighted by atomic mass is 10.3. The van der Waals surface area contributed by atoms with Crippen LogP contribution in [0.2, 0.25) is 5.02 Å². The molecule has 0 aliphatic rings. The highest BCUT2D eigenvalue weighted by Gasteiger charge is 2.12. The van der Waals surface area contributed by atoms with E-state index in [1.54, 1.807) is 24.3 Å². The highest BCUT2D eigenvalue weighted by Crippen LogP contribution is 2.25. The van der Waals surface area contributed by atoms with Crippen molar-refractivity contribution in [3.63, 3.8) is 0 Å². The average molecular weight is 304 g/mol. The molecule has 0 fully saturated rings. The summed E-state index contributed by atoms with van der Waals surface area (Å²) >= 11 is 7.33. The molecule has 0 radical (unpaired) electrons. The highest BCUT2D eigenvalue weighted by atomic mass is 35.5. The number of carbonyl (C=O) groups excluding carboxylic acids is 1. The van der Waals surface area contributed by atoms with Crippen LogP contribution in [0.4, 0.5) is 0 Å². The maximum atomic E-state index is 11.3. The van der Waals surface area contributed by atoms with Crippen molar-refractivity contribution in [2.75, 3.05) is 0 Å². The Bertz CT molecular complexity index is 748. The molecule has 0 bridgehead atoms. The summed E-state index contributed by atoms with van der Waals surface area (Å²) in [4.78, 5) is 12.2. The minimum atomic E-state index is -1.27. The summed E-state index contributed by atoms with van der Waals surface area (Å²) in [5.74, 6) is -1.27. The Labute approximate surface area is 123 Å². The molecule has 4 nitrogen and oxygen atoms in total. The first kappa shape index (κ1) is 12.9. The van der Waals surface area contributed by atoms with Crippen LogP contribution in [-0.4, -0.2) is 15.7 Å². The SMILES string of the molecule is O=C([O-])c1cc(-c2cccs2)nn1-c1ccc(Cl)cc1. The highest BCUT2D eigenvalue weighted by molar-refractivity contribution is 7.13. The fourth-order valence-electron chi connectivity index (χ4n) is 1.85. The number of hydrogen-bond donors (Lipinski definition) is 0. The number of aromatic carboxylic acids is 1. The molecule has 20 heavy (non-hydrogen) atoms. The van der Waals surface area contributed by atoms with E-state index in [2.05, 4.69) is 5.10 Å². The van der Waals surface area contributed by atoms with Crippen LogP contribution in [0.1, 0.15) is 10.5 Å². The Hall–Kier alpha value is -2.11. The van der Waals surface area contributed by atoms with Crippen molar-refractivity contribution < 1.29 is 9.90 Å². The molecule has 6 heteroatoms. The molecule has 0 N–H and O–H groups in total. The van der Waals surface area contributed by atoms with Gasteiger partial charge < -0.3 is 9.90 Å². The zero-order chi connectivity index (χ0) is 14.1. The van der Waals surface area contributed by atoms with E-state index in [0.29, 0.717) is 16.4 Å². The molecule has 3 aromatic rings. The second-order valence-electron chi connectivity index (χ2n) is 4.07. The predicted octanol–water partition coefficient (Wildman–Crippen LogP) is 2.62. The number of rotatable bonds is 3. The van der Waals surface area contributed by atoms with E-state index >= 15 is 0 Å². The molecule has 0 unspecified atom stereocenters. The molecule has 100 valence electrons. The summed E-state index contributed by atoms with van der Waals surface area (Å²) in [6, 6.07) is 12.1. The summed E-state index contributed by atoms with van der Waals surface area (Å²) in [6.45, 7) is 0. The maximum absolute atomic E-state index is 11.3. The largest absolute Gasteiger partial charge is 0.543 e. The van der Waals surface area contributed by atoms with Gasteiger partial charge in [0.05, 0.1) is 22.2 Å². The van der Waals surface area contributed by atoms with Crippen LogP contribution in [-0.2, 0) is 0 Å². The quantitative estimate of drug-likeness (QED) is 0.747. The standard InChI is InChI=1S/C14H9ClN2O2S/c15-9-3-5-10(6-4-9)17-12(14(18)19)8-11(16-17)13-2-1-7-20-13/h1-8H,(H,18,19)/p-1. The Morgan fingerprint density at radius 2 is 2.00 bits per heavy atom. The second-order valence-corrected chi connectivity index (χ2v) is 5.45. The normalized spacial score (nSPS) is 10.7. The first-order valence-electron chi connectivity index (χ1n) is 5.76. The number of halogens is 1. The number of carbonyl (C=O) groups is 1. The van der Waals surface area contributed by atoms with Gasteiger partial charge in [0.2, 0.25) is 0 Å². The van der Waals surface area contributed by atoms with Crippen molar-refractivity contribution in [1.82, 2.24) is 9.78 Å². The van der Waals surface area contributed by atoms with Gasteiger partial charge in [0, 0.05) is 5.02 Å². The van der Waals surface area contributed by atoms with Crippen LogP contribution in [0.15, 0.2) is 47.8 Å². The van der Waals surface area contributed by atoms with Crippen LogP contribution < -0.4 is 5.11 Å². The Morgan fingerprint density at radius 1 is 1.25 bits per heavy atom. The lowest BCUT2D eigenvalue weighted by molar-refractivity contribution is -0.255. The smallest absolute Gasteiger partial charge is 0.103 e. The number of hydrogen-bond acceptors (Lipinski definition) is 4. The first-order valence-corrected chi connectivity index (χ1v) is 7.02. The zero-order valence-electron chi connectivity index (χ0n) is 10.1. The van der Waals surface area contributed by atoms with Crippen LogP contribution in [0.3, 0.4) is 0 Å². The number of nitrogens with zero attached hydrogens (tertiary/aromatic N) is 2. The van der Waals surface area contributed by atoms with E-state index in [4.69, 9.17) is 11.6 Å². The Kier molecular flexibility index (Phi) is 3.30. The summed E-state index contributed by atoms with van der Waals surface area (Å²) in [6.07, 6.45) is 0. The van der Waals surface area contributed by atoms with Gasteiger partial charge in [-0.05, 0) is 41.8 Å². The predicted molar refractivity (Wildman–Crippen MR) is 76.2 cm³/mol. The van der Waals surface area contributed by atoms with Gasteiger partial charge >= 0.3 is 0 Å². The molecule has 0 saturated carbocycles. The number of thiophene rings is 1. The summed E-state index contributed by atoms with van der Waals surface area (Å²) in [7, 11) is 0. The molecular weight excluding hydrogens is 296 g/mol. The van der Waals surface area contributed by atoms with Gasteiger partial charge in [-0.25, -0.2) is 4.68 Å². The molecule has 2 heterocycles. The molecule has 0 aliphatic heterocycles. The zero-order valence-corrected chi connectivity index (χ0v) is 11.7. The third-order valence-electron chi connectivity index (χ3n) is 2.76. The first-order chi connectivity index (χ1) is 9.65. The van der Waals surface area contributed by atoms with Gasteiger partial charge in [0.1, 0.15) is 5.69 Å². The van der Waals surface area contributed by atoms with Crippen LogP contribution >= 0.6 is 22.9 Å². The average Bonchev–Trinajstić information content (AvgIpc) is 3.08. The summed E-state index contributed by atoms with van der Waals surface area (Å²) < 4.78 is 1.35. The van der Waals surface area contributed by atoms with E-state index in [1.807, 2.05) is 17.5 Å². The minimum absolute atomic E-state index is 0.00993. The van der Waals surface area contributed by atoms with Crippen molar-refractivity contribution >= 4 is 28.9 Å². The monoisotopic (exact) mass is 303 g/mol. The van der Waals surface area contributed by atoms with Gasteiger partial charge in [-0.1, -0.05) is 17.7 Å². The van der Waals surface area contributed by atoms with E-state index in [0.717, 1.165) is 4.88 Å². The summed E-state index contributed by atoms with van der Waals surface area (Å²) in [5.41, 5.74) is 1.24. The molecule has 0 atom stereocenters. The molecule has 2 aromatic heterocycles. The van der Waals surface area contributed by atoms with Crippen molar-refractivity contribution in [1.29, 1.82) is 0 Å². The molecule has 0 amide bonds.